The second-order valence-corrected chi connectivity index (χ2v) is 16.9. The van der Waals surface area contributed by atoms with Crippen molar-refractivity contribution in [3.05, 3.63) is 212 Å². The molecule has 0 aromatic heterocycles. The molecule has 6 N–H and O–H groups in total. The van der Waals surface area contributed by atoms with Crippen molar-refractivity contribution in [2.75, 3.05) is 35.5 Å². The third-order valence-electron chi connectivity index (χ3n) is 11.9. The zero-order chi connectivity index (χ0) is 55.0. The van der Waals surface area contributed by atoms with Gasteiger partial charge in [0, 0.05) is 68.9 Å². The number of nitro benzene ring substituents is 2. The van der Waals surface area contributed by atoms with Crippen molar-refractivity contribution in [2.24, 2.45) is 20.5 Å². The maximum atomic E-state index is 14.0. The van der Waals surface area contributed by atoms with Crippen molar-refractivity contribution in [1.82, 2.24) is 0 Å². The van der Waals surface area contributed by atoms with Crippen molar-refractivity contribution in [3.63, 3.8) is 0 Å². The largest absolute Gasteiger partial charge is 0.505 e. The number of hydrogen-bond acceptors (Lipinski definition) is 16. The smallest absolute Gasteiger partial charge is 0.269 e. The SMILES string of the molecule is COc1ccc(C(=O)Nc2ccc([N+](=O)[O-])cc2)cc1N=Nc1c(O)c(C(=O)Nc2cccc(NC(=O)c3cc4ccccc4c(N=Nc4cc(C(=O)Nc5ccc([N+](=O)[O-])cc5)ccc4OC)c3O)c2)cc2ccccc12. The van der Waals surface area contributed by atoms with Crippen LogP contribution < -0.4 is 30.7 Å². The highest BCUT2D eigenvalue weighted by Gasteiger charge is 2.22. The molecule has 0 unspecified atom stereocenters. The predicted octanol–water partition coefficient (Wildman–Crippen LogP) is 13.1. The van der Waals surface area contributed by atoms with Crippen LogP contribution in [0.2, 0.25) is 0 Å². The van der Waals surface area contributed by atoms with Gasteiger partial charge >= 0.3 is 0 Å². The van der Waals surface area contributed by atoms with Gasteiger partial charge in [0.1, 0.15) is 34.2 Å². The van der Waals surface area contributed by atoms with Crippen LogP contribution in [0.3, 0.4) is 0 Å². The molecule has 0 fully saturated rings. The molecule has 0 aliphatic rings. The number of nitro groups is 2. The molecule has 9 rings (SSSR count). The van der Waals surface area contributed by atoms with Crippen molar-refractivity contribution in [3.8, 4) is 23.0 Å². The maximum Gasteiger partial charge on any atom is 0.269 e. The fourth-order valence-electron chi connectivity index (χ4n) is 8.02. The zero-order valence-corrected chi connectivity index (χ0v) is 40.8. The fourth-order valence-corrected chi connectivity index (χ4v) is 8.02. The first kappa shape index (κ1) is 51.5. The van der Waals surface area contributed by atoms with E-state index in [1.54, 1.807) is 66.7 Å². The van der Waals surface area contributed by atoms with Crippen molar-refractivity contribution in [2.45, 2.75) is 0 Å². The number of hydrogen-bond donors (Lipinski definition) is 6. The Balaban J connectivity index is 0.939. The second kappa shape index (κ2) is 22.4. The molecule has 0 saturated carbocycles. The summed E-state index contributed by atoms with van der Waals surface area (Å²) in [7, 11) is 2.78. The Hall–Kier alpha value is -11.4. The molecule has 0 aliphatic heterocycles. The van der Waals surface area contributed by atoms with Gasteiger partial charge in [-0.2, -0.15) is 0 Å². The van der Waals surface area contributed by atoms with E-state index in [4.69, 9.17) is 9.47 Å². The third kappa shape index (κ3) is 11.2. The Morgan fingerprint density at radius 1 is 0.436 bits per heavy atom. The first-order chi connectivity index (χ1) is 37.7. The lowest BCUT2D eigenvalue weighted by molar-refractivity contribution is -0.385. The molecule has 0 saturated heterocycles. The van der Waals surface area contributed by atoms with Crippen LogP contribution in [0.4, 0.5) is 56.9 Å². The monoisotopic (exact) mass is 1040 g/mol. The van der Waals surface area contributed by atoms with Crippen LogP contribution in [-0.4, -0.2) is 57.9 Å². The van der Waals surface area contributed by atoms with Crippen molar-refractivity contribution >= 4 is 102 Å². The van der Waals surface area contributed by atoms with Crippen LogP contribution >= 0.6 is 0 Å². The number of azo groups is 2. The summed E-state index contributed by atoms with van der Waals surface area (Å²) in [5, 5.41) is 75.6. The summed E-state index contributed by atoms with van der Waals surface area (Å²) >= 11 is 0. The second-order valence-electron chi connectivity index (χ2n) is 16.9. The van der Waals surface area contributed by atoms with Gasteiger partial charge in [-0.15, -0.1) is 20.5 Å². The minimum atomic E-state index is -0.755. The van der Waals surface area contributed by atoms with Gasteiger partial charge in [0.25, 0.3) is 35.0 Å². The number of amides is 4. The number of non-ortho nitro benzene ring substituents is 2. The van der Waals surface area contributed by atoms with Gasteiger partial charge in [0.15, 0.2) is 11.5 Å². The van der Waals surface area contributed by atoms with Gasteiger partial charge in [-0.25, -0.2) is 0 Å². The Morgan fingerprint density at radius 3 is 1.21 bits per heavy atom. The van der Waals surface area contributed by atoms with E-state index in [-0.39, 0.29) is 79.3 Å². The van der Waals surface area contributed by atoms with Crippen LogP contribution in [0.25, 0.3) is 21.5 Å². The van der Waals surface area contributed by atoms with Crippen LogP contribution in [0, 0.1) is 20.2 Å². The normalized spacial score (nSPS) is 11.1. The molecular weight excluding hydrogens is 1000 g/mol. The van der Waals surface area contributed by atoms with E-state index in [1.165, 1.54) is 117 Å². The fraction of sp³-hybridized carbons (Fsp3) is 0.0357. The number of nitrogens with one attached hydrogen (secondary N) is 4. The summed E-state index contributed by atoms with van der Waals surface area (Å²) in [4.78, 5) is 75.5. The Kier molecular flexibility index (Phi) is 14.8. The molecule has 22 heteroatoms. The number of carbonyl (C=O) groups is 4. The van der Waals surface area contributed by atoms with Gasteiger partial charge in [-0.3, -0.25) is 39.4 Å². The highest BCUT2D eigenvalue weighted by Crippen LogP contribution is 2.43. The van der Waals surface area contributed by atoms with E-state index in [1.807, 2.05) is 0 Å². The van der Waals surface area contributed by atoms with Crippen LogP contribution in [0.15, 0.2) is 190 Å². The number of rotatable bonds is 16. The molecule has 0 radical (unpaired) electrons. The average molecular weight is 1040 g/mol. The van der Waals surface area contributed by atoms with Crippen molar-refractivity contribution < 1.29 is 48.7 Å². The Morgan fingerprint density at radius 2 is 0.821 bits per heavy atom. The lowest BCUT2D eigenvalue weighted by Crippen LogP contribution is -2.14. The average Bonchev–Trinajstić information content (AvgIpc) is 3.51. The van der Waals surface area contributed by atoms with Gasteiger partial charge < -0.3 is 41.0 Å². The van der Waals surface area contributed by atoms with E-state index >= 15 is 0 Å². The van der Waals surface area contributed by atoms with Gasteiger partial charge in [0.05, 0.1) is 35.2 Å². The first-order valence-corrected chi connectivity index (χ1v) is 23.2. The predicted molar refractivity (Wildman–Crippen MR) is 290 cm³/mol. The number of ether oxygens (including phenoxy) is 2. The summed E-state index contributed by atoms with van der Waals surface area (Å²) < 4.78 is 10.9. The summed E-state index contributed by atoms with van der Waals surface area (Å²) in [6.45, 7) is 0. The topological polar surface area (TPSA) is 311 Å². The minimum absolute atomic E-state index is 0.0759. The van der Waals surface area contributed by atoms with E-state index < -0.39 is 45.0 Å². The quantitative estimate of drug-likeness (QED) is 0.0299. The molecule has 9 aromatic carbocycles. The number of fused-ring (bicyclic) bond motifs is 2. The molecule has 4 amide bonds. The number of carbonyl (C=O) groups excluding carboxylic acids is 4. The molecule has 0 atom stereocenters. The highest BCUT2D eigenvalue weighted by molar-refractivity contribution is 6.14. The lowest BCUT2D eigenvalue weighted by atomic mass is 10.0. The standard InChI is InChI=1S/C56H40N10O12/c1-77-47-24-14-33(53(69)57-35-16-20-39(21-17-35)65(73)74)28-45(47)61-63-49-41-12-5-3-8-31(41)26-43(51(49)67)55(71)59-37-10-7-11-38(30-37)60-56(72)44-27-32-9-4-6-13-42(32)50(52(44)68)64-62-46-29-34(15-25-48(46)78-2)54(70)58-36-18-22-40(23-19-36)66(75)76/h3-30,67-68H,1-2H3,(H,57,69)(H,58,70)(H,59,71)(H,60,72). The summed E-state index contributed by atoms with van der Waals surface area (Å²) in [6.07, 6.45) is 0. The van der Waals surface area contributed by atoms with E-state index in [0.717, 1.165) is 0 Å². The number of benzene rings is 9. The summed E-state index contributed by atoms with van der Waals surface area (Å²) in [5.74, 6) is -3.23. The number of methoxy groups -OCH3 is 2. The zero-order valence-electron chi connectivity index (χ0n) is 40.8. The Bertz CT molecular complexity index is 3710. The van der Waals surface area contributed by atoms with Gasteiger partial charge in [0.2, 0.25) is 0 Å². The van der Waals surface area contributed by atoms with Gasteiger partial charge in [-0.05, 0) is 102 Å². The third-order valence-corrected chi connectivity index (χ3v) is 11.9. The van der Waals surface area contributed by atoms with Crippen LogP contribution in [0.1, 0.15) is 41.4 Å². The summed E-state index contributed by atoms with van der Waals surface area (Å²) in [6, 6.07) is 42.1. The molecule has 386 valence electrons. The number of phenolic OH excluding ortho intramolecular Hbond substituents is 2. The molecule has 78 heavy (non-hydrogen) atoms. The number of aromatic hydroxyl groups is 2. The highest BCUT2D eigenvalue weighted by atomic mass is 16.6. The van der Waals surface area contributed by atoms with Crippen LogP contribution in [0.5, 0.6) is 23.0 Å². The first-order valence-electron chi connectivity index (χ1n) is 23.2. The van der Waals surface area contributed by atoms with E-state index in [0.29, 0.717) is 32.9 Å². The van der Waals surface area contributed by atoms with E-state index in [2.05, 4.69) is 41.7 Å². The number of anilines is 4. The molecular formula is C56H40N10O12. The lowest BCUT2D eigenvalue weighted by Gasteiger charge is -2.13. The Labute approximate surface area is 440 Å². The molecule has 0 heterocycles. The number of phenols is 2. The molecule has 0 aliphatic carbocycles. The molecule has 9 aromatic rings. The molecule has 0 spiro atoms. The maximum absolute atomic E-state index is 14.0. The van der Waals surface area contributed by atoms with Crippen LogP contribution in [-0.2, 0) is 0 Å². The molecule has 0 bridgehead atoms. The minimum Gasteiger partial charge on any atom is -0.505 e. The van der Waals surface area contributed by atoms with Crippen molar-refractivity contribution in [1.29, 1.82) is 0 Å². The molecule has 22 nitrogen and oxygen atoms in total. The number of nitrogens with zero attached hydrogens (tertiary/aromatic N) is 6. The van der Waals surface area contributed by atoms with E-state index in [9.17, 15) is 49.6 Å². The summed E-state index contributed by atoms with van der Waals surface area (Å²) in [5.41, 5.74) is 0.691. The van der Waals surface area contributed by atoms with Gasteiger partial charge in [-0.1, -0.05) is 54.6 Å².